The predicted molar refractivity (Wildman–Crippen MR) is 102 cm³/mol. The van der Waals surface area contributed by atoms with Crippen molar-refractivity contribution < 1.29 is 18.7 Å². The number of ether oxygens (including phenoxy) is 1. The number of nitrogens with one attached hydrogen (secondary N) is 2. The Labute approximate surface area is 155 Å². The number of carbonyl (C=O) groups excluding carboxylic acids is 2. The van der Waals surface area contributed by atoms with Crippen LogP contribution in [0, 0.1) is 5.82 Å². The Kier molecular flexibility index (Phi) is 5.47. The minimum Gasteiger partial charge on any atom is -0.457 e. The highest BCUT2D eigenvalue weighted by molar-refractivity contribution is 6.04. The highest BCUT2D eigenvalue weighted by Crippen LogP contribution is 2.22. The van der Waals surface area contributed by atoms with E-state index in [9.17, 15) is 14.0 Å². The Morgan fingerprint density at radius 1 is 0.741 bits per heavy atom. The largest absolute Gasteiger partial charge is 0.457 e. The topological polar surface area (TPSA) is 67.4 Å². The van der Waals surface area contributed by atoms with Gasteiger partial charge in [0, 0.05) is 23.9 Å². The van der Waals surface area contributed by atoms with E-state index in [2.05, 4.69) is 10.6 Å². The van der Waals surface area contributed by atoms with E-state index in [1.54, 1.807) is 48.5 Å². The van der Waals surface area contributed by atoms with Gasteiger partial charge < -0.3 is 15.4 Å². The molecule has 136 valence electrons. The molecule has 0 aliphatic rings. The van der Waals surface area contributed by atoms with Gasteiger partial charge in [0.05, 0.1) is 0 Å². The molecule has 0 saturated carbocycles. The van der Waals surface area contributed by atoms with Gasteiger partial charge in [-0.15, -0.1) is 0 Å². The van der Waals surface area contributed by atoms with Crippen LogP contribution in [0.25, 0.3) is 0 Å². The van der Waals surface area contributed by atoms with Gasteiger partial charge >= 0.3 is 0 Å². The third kappa shape index (κ3) is 5.15. The maximum absolute atomic E-state index is 12.9. The van der Waals surface area contributed by atoms with Crippen molar-refractivity contribution in [3.63, 3.8) is 0 Å². The standard InChI is InChI=1S/C21H17FN2O3/c1-14(25)23-17-6-8-18(9-7-17)24-21(26)15-2-10-19(11-3-15)27-20-12-4-16(22)5-13-20/h2-13H,1H3,(H,23,25)(H,24,26). The van der Waals surface area contributed by atoms with Crippen molar-refractivity contribution in [3.05, 3.63) is 84.2 Å². The van der Waals surface area contributed by atoms with Gasteiger partial charge in [-0.25, -0.2) is 4.39 Å². The summed E-state index contributed by atoms with van der Waals surface area (Å²) in [5.74, 6) is 0.287. The normalized spacial score (nSPS) is 10.1. The molecule has 3 aromatic rings. The molecule has 5 nitrogen and oxygen atoms in total. The number of rotatable bonds is 5. The molecule has 0 unspecified atom stereocenters. The first-order valence-corrected chi connectivity index (χ1v) is 8.22. The predicted octanol–water partition coefficient (Wildman–Crippen LogP) is 4.83. The summed E-state index contributed by atoms with van der Waals surface area (Å²) in [4.78, 5) is 23.3. The molecule has 0 aliphatic carbocycles. The molecule has 0 bridgehead atoms. The zero-order valence-electron chi connectivity index (χ0n) is 14.5. The van der Waals surface area contributed by atoms with E-state index in [4.69, 9.17) is 4.74 Å². The molecular weight excluding hydrogens is 347 g/mol. The van der Waals surface area contributed by atoms with Gasteiger partial charge in [0.1, 0.15) is 17.3 Å². The quantitative estimate of drug-likeness (QED) is 0.681. The lowest BCUT2D eigenvalue weighted by Gasteiger charge is -2.08. The van der Waals surface area contributed by atoms with Gasteiger partial charge in [0.2, 0.25) is 5.91 Å². The Morgan fingerprint density at radius 2 is 1.22 bits per heavy atom. The number of halogens is 1. The maximum Gasteiger partial charge on any atom is 0.255 e. The third-order valence-corrected chi connectivity index (χ3v) is 3.63. The van der Waals surface area contributed by atoms with E-state index in [1.807, 2.05) is 0 Å². The summed E-state index contributed by atoms with van der Waals surface area (Å²) in [5.41, 5.74) is 1.73. The maximum atomic E-state index is 12.9. The minimum atomic E-state index is -0.334. The molecule has 0 heterocycles. The number of amides is 2. The first kappa shape index (κ1) is 18.1. The van der Waals surface area contributed by atoms with Crippen molar-refractivity contribution in [3.8, 4) is 11.5 Å². The Hall–Kier alpha value is -3.67. The number of hydrogen-bond acceptors (Lipinski definition) is 3. The summed E-state index contributed by atoms with van der Waals surface area (Å²) in [5, 5.41) is 5.44. The van der Waals surface area contributed by atoms with E-state index in [0.29, 0.717) is 28.4 Å². The number of anilines is 2. The van der Waals surface area contributed by atoms with Gasteiger partial charge in [-0.2, -0.15) is 0 Å². The number of hydrogen-bond donors (Lipinski definition) is 2. The fourth-order valence-corrected chi connectivity index (χ4v) is 2.36. The zero-order valence-corrected chi connectivity index (χ0v) is 14.5. The van der Waals surface area contributed by atoms with Gasteiger partial charge in [-0.3, -0.25) is 9.59 Å². The number of benzene rings is 3. The summed E-state index contributed by atoms with van der Waals surface area (Å²) in [7, 11) is 0. The average molecular weight is 364 g/mol. The Balaban J connectivity index is 1.61. The molecule has 2 amide bonds. The second-order valence-electron chi connectivity index (χ2n) is 5.79. The Bertz CT molecular complexity index is 937. The van der Waals surface area contributed by atoms with Crippen LogP contribution in [0.15, 0.2) is 72.8 Å². The molecule has 0 aromatic heterocycles. The van der Waals surface area contributed by atoms with Crippen molar-refractivity contribution in [2.45, 2.75) is 6.92 Å². The second-order valence-corrected chi connectivity index (χ2v) is 5.79. The molecule has 3 aromatic carbocycles. The van der Waals surface area contributed by atoms with Gasteiger partial charge in [0.15, 0.2) is 0 Å². The van der Waals surface area contributed by atoms with Crippen molar-refractivity contribution >= 4 is 23.2 Å². The highest BCUT2D eigenvalue weighted by atomic mass is 19.1. The zero-order chi connectivity index (χ0) is 19.2. The van der Waals surface area contributed by atoms with Gasteiger partial charge in [0.25, 0.3) is 5.91 Å². The van der Waals surface area contributed by atoms with Gasteiger partial charge in [-0.05, 0) is 72.8 Å². The monoisotopic (exact) mass is 364 g/mol. The summed E-state index contributed by atoms with van der Waals surface area (Å²) in [6.45, 7) is 1.43. The van der Waals surface area contributed by atoms with Crippen molar-refractivity contribution in [2.75, 3.05) is 10.6 Å². The SMILES string of the molecule is CC(=O)Nc1ccc(NC(=O)c2ccc(Oc3ccc(F)cc3)cc2)cc1. The lowest BCUT2D eigenvalue weighted by atomic mass is 10.2. The van der Waals surface area contributed by atoms with Crippen LogP contribution >= 0.6 is 0 Å². The summed E-state index contributed by atoms with van der Waals surface area (Å²) in [6, 6.07) is 19.1. The van der Waals surface area contributed by atoms with E-state index in [0.717, 1.165) is 0 Å². The first-order valence-electron chi connectivity index (χ1n) is 8.22. The fraction of sp³-hybridized carbons (Fsp3) is 0.0476. The van der Waals surface area contributed by atoms with E-state index >= 15 is 0 Å². The number of carbonyl (C=O) groups is 2. The summed E-state index contributed by atoms with van der Waals surface area (Å²) >= 11 is 0. The van der Waals surface area contributed by atoms with Crippen LogP contribution in [0.1, 0.15) is 17.3 Å². The third-order valence-electron chi connectivity index (χ3n) is 3.63. The highest BCUT2D eigenvalue weighted by Gasteiger charge is 2.07. The molecule has 0 fully saturated rings. The van der Waals surface area contributed by atoms with E-state index < -0.39 is 0 Å². The first-order chi connectivity index (χ1) is 13.0. The molecule has 27 heavy (non-hydrogen) atoms. The smallest absolute Gasteiger partial charge is 0.255 e. The lowest BCUT2D eigenvalue weighted by molar-refractivity contribution is -0.114. The van der Waals surface area contributed by atoms with Crippen LogP contribution < -0.4 is 15.4 Å². The van der Waals surface area contributed by atoms with E-state index in [1.165, 1.54) is 31.2 Å². The van der Waals surface area contributed by atoms with E-state index in [-0.39, 0.29) is 17.6 Å². The molecule has 0 aliphatic heterocycles. The second kappa shape index (κ2) is 8.14. The molecular formula is C21H17FN2O3. The minimum absolute atomic E-state index is 0.158. The van der Waals surface area contributed by atoms with Crippen molar-refractivity contribution in [1.82, 2.24) is 0 Å². The molecule has 6 heteroatoms. The van der Waals surface area contributed by atoms with Crippen LogP contribution in [0.3, 0.4) is 0 Å². The van der Waals surface area contributed by atoms with Crippen LogP contribution in [0.2, 0.25) is 0 Å². The summed E-state index contributed by atoms with van der Waals surface area (Å²) < 4.78 is 18.5. The lowest BCUT2D eigenvalue weighted by Crippen LogP contribution is -2.12. The average Bonchev–Trinajstić information content (AvgIpc) is 2.65. The van der Waals surface area contributed by atoms with Crippen LogP contribution in [0.5, 0.6) is 11.5 Å². The van der Waals surface area contributed by atoms with Gasteiger partial charge in [-0.1, -0.05) is 0 Å². The van der Waals surface area contributed by atoms with Crippen LogP contribution in [0.4, 0.5) is 15.8 Å². The van der Waals surface area contributed by atoms with Crippen LogP contribution in [-0.2, 0) is 4.79 Å². The molecule has 2 N–H and O–H groups in total. The molecule has 3 rings (SSSR count). The summed E-state index contributed by atoms with van der Waals surface area (Å²) in [6.07, 6.45) is 0. The molecule has 0 saturated heterocycles. The molecule has 0 atom stereocenters. The molecule has 0 spiro atoms. The molecule has 0 radical (unpaired) electrons. The Morgan fingerprint density at radius 3 is 1.74 bits per heavy atom. The van der Waals surface area contributed by atoms with Crippen LogP contribution in [-0.4, -0.2) is 11.8 Å². The fourth-order valence-electron chi connectivity index (χ4n) is 2.36. The van der Waals surface area contributed by atoms with Crippen molar-refractivity contribution in [2.24, 2.45) is 0 Å². The van der Waals surface area contributed by atoms with Crippen molar-refractivity contribution in [1.29, 1.82) is 0 Å².